The van der Waals surface area contributed by atoms with Gasteiger partial charge in [0.1, 0.15) is 12.4 Å². The molecule has 1 aromatic carbocycles. The number of likely N-dealkylation sites (tertiary alicyclic amines) is 1. The van der Waals surface area contributed by atoms with Gasteiger partial charge in [-0.2, -0.15) is 0 Å². The van der Waals surface area contributed by atoms with Crippen molar-refractivity contribution in [1.82, 2.24) is 30.4 Å². The van der Waals surface area contributed by atoms with E-state index in [1.165, 1.54) is 30.3 Å². The van der Waals surface area contributed by atoms with Crippen molar-refractivity contribution in [3.05, 3.63) is 42.2 Å². The Morgan fingerprint density at radius 2 is 1.96 bits per heavy atom. The van der Waals surface area contributed by atoms with Gasteiger partial charge in [-0.25, -0.2) is 4.68 Å². The molecule has 3 rings (SSSR count). The third kappa shape index (κ3) is 4.61. The molecule has 1 atom stereocenters. The maximum Gasteiger partial charge on any atom is 0.245 e. The van der Waals surface area contributed by atoms with Crippen molar-refractivity contribution < 1.29 is 4.79 Å². The van der Waals surface area contributed by atoms with Crippen LogP contribution >= 0.6 is 0 Å². The Balaban J connectivity index is 1.57. The molecule has 1 fully saturated rings. The molecule has 1 amide bonds. The Hall–Kier alpha value is -2.28. The average molecular weight is 328 g/mol. The minimum atomic E-state index is -0.427. The van der Waals surface area contributed by atoms with Crippen molar-refractivity contribution in [2.75, 3.05) is 26.2 Å². The third-order valence-electron chi connectivity index (χ3n) is 4.43. The summed E-state index contributed by atoms with van der Waals surface area (Å²) >= 11 is 0. The number of tetrazole rings is 1. The Morgan fingerprint density at radius 3 is 2.67 bits per heavy atom. The summed E-state index contributed by atoms with van der Waals surface area (Å²) in [6.45, 7) is 3.83. The van der Waals surface area contributed by atoms with E-state index in [1.807, 2.05) is 30.3 Å². The number of aromatic nitrogens is 4. The second-order valence-corrected chi connectivity index (χ2v) is 6.19. The number of benzene rings is 1. The number of nitrogens with one attached hydrogen (secondary N) is 1. The molecule has 24 heavy (non-hydrogen) atoms. The smallest absolute Gasteiger partial charge is 0.245 e. The molecule has 0 aliphatic carbocycles. The average Bonchev–Trinajstić information content (AvgIpc) is 3.16. The second kappa shape index (κ2) is 8.54. The first-order chi connectivity index (χ1) is 11.8. The molecule has 7 nitrogen and oxygen atoms in total. The van der Waals surface area contributed by atoms with Gasteiger partial charge >= 0.3 is 0 Å². The van der Waals surface area contributed by atoms with Crippen LogP contribution in [0.2, 0.25) is 0 Å². The normalized spacial score (nSPS) is 16.7. The Labute approximate surface area is 142 Å². The van der Waals surface area contributed by atoms with Crippen molar-refractivity contribution in [1.29, 1.82) is 0 Å². The van der Waals surface area contributed by atoms with E-state index in [2.05, 4.69) is 25.7 Å². The summed E-state index contributed by atoms with van der Waals surface area (Å²) in [7, 11) is 0. The van der Waals surface area contributed by atoms with Gasteiger partial charge in [0.25, 0.3) is 0 Å². The molecular formula is C17H24N6O. The van der Waals surface area contributed by atoms with Crippen molar-refractivity contribution in [2.24, 2.45) is 0 Å². The minimum Gasteiger partial charge on any atom is -0.353 e. The van der Waals surface area contributed by atoms with Crippen LogP contribution in [0.3, 0.4) is 0 Å². The second-order valence-electron chi connectivity index (χ2n) is 6.19. The van der Waals surface area contributed by atoms with Gasteiger partial charge in [0, 0.05) is 19.5 Å². The van der Waals surface area contributed by atoms with E-state index in [0.717, 1.165) is 25.2 Å². The molecule has 7 heteroatoms. The Bertz CT molecular complexity index is 609. The van der Waals surface area contributed by atoms with Crippen molar-refractivity contribution in [3.63, 3.8) is 0 Å². The van der Waals surface area contributed by atoms with E-state index in [4.69, 9.17) is 0 Å². The standard InChI is InChI=1S/C17H24N6O/c24-17(18-9-12-22-10-5-2-6-11-22)16(23-14-19-20-21-23)13-15-7-3-1-4-8-15/h1,3-4,7-8,14,16H,2,5-6,9-13H2,(H,18,24)/t16-/m0/s1. The lowest BCUT2D eigenvalue weighted by Gasteiger charge is -2.26. The number of hydrogen-bond acceptors (Lipinski definition) is 5. The first kappa shape index (κ1) is 16.6. The molecule has 0 bridgehead atoms. The summed E-state index contributed by atoms with van der Waals surface area (Å²) in [5.74, 6) is -0.0387. The number of hydrogen-bond donors (Lipinski definition) is 1. The molecule has 0 unspecified atom stereocenters. The number of carbonyl (C=O) groups excluding carboxylic acids is 1. The van der Waals surface area contributed by atoms with Crippen LogP contribution in [0, 0.1) is 0 Å². The van der Waals surface area contributed by atoms with Crippen molar-refractivity contribution in [2.45, 2.75) is 31.7 Å². The van der Waals surface area contributed by atoms with Crippen LogP contribution in [-0.2, 0) is 11.2 Å². The molecular weight excluding hydrogens is 304 g/mol. The molecule has 128 valence electrons. The van der Waals surface area contributed by atoms with E-state index in [-0.39, 0.29) is 5.91 Å². The van der Waals surface area contributed by atoms with Gasteiger partial charge in [0.05, 0.1) is 0 Å². The van der Waals surface area contributed by atoms with E-state index in [9.17, 15) is 4.79 Å². The van der Waals surface area contributed by atoms with Crippen LogP contribution in [0.4, 0.5) is 0 Å². The van der Waals surface area contributed by atoms with E-state index < -0.39 is 6.04 Å². The predicted molar refractivity (Wildman–Crippen MR) is 90.3 cm³/mol. The highest BCUT2D eigenvalue weighted by atomic mass is 16.2. The molecule has 1 N–H and O–H groups in total. The van der Waals surface area contributed by atoms with E-state index in [0.29, 0.717) is 13.0 Å². The third-order valence-corrected chi connectivity index (χ3v) is 4.43. The van der Waals surface area contributed by atoms with Gasteiger partial charge in [-0.05, 0) is 41.9 Å². The first-order valence-electron chi connectivity index (χ1n) is 8.59. The van der Waals surface area contributed by atoms with Crippen LogP contribution in [0.1, 0.15) is 30.9 Å². The Kier molecular flexibility index (Phi) is 5.90. The first-order valence-corrected chi connectivity index (χ1v) is 8.59. The number of carbonyl (C=O) groups is 1. The number of nitrogens with zero attached hydrogens (tertiary/aromatic N) is 5. The summed E-state index contributed by atoms with van der Waals surface area (Å²) in [4.78, 5) is 15.1. The molecule has 0 spiro atoms. The van der Waals surface area contributed by atoms with Crippen molar-refractivity contribution >= 4 is 5.91 Å². The monoisotopic (exact) mass is 328 g/mol. The zero-order valence-corrected chi connectivity index (χ0v) is 13.8. The van der Waals surface area contributed by atoms with Crippen LogP contribution in [-0.4, -0.2) is 57.2 Å². The fourth-order valence-corrected chi connectivity index (χ4v) is 3.09. The number of amides is 1. The van der Waals surface area contributed by atoms with Gasteiger partial charge in [-0.15, -0.1) is 5.10 Å². The fraction of sp³-hybridized carbons (Fsp3) is 0.529. The summed E-state index contributed by atoms with van der Waals surface area (Å²) < 4.78 is 1.53. The van der Waals surface area contributed by atoms with Gasteiger partial charge in [0.2, 0.25) is 5.91 Å². The highest BCUT2D eigenvalue weighted by Gasteiger charge is 2.22. The molecule has 0 saturated carbocycles. The highest BCUT2D eigenvalue weighted by Crippen LogP contribution is 2.13. The summed E-state index contributed by atoms with van der Waals surface area (Å²) in [5.41, 5.74) is 1.09. The molecule has 2 heterocycles. The maximum atomic E-state index is 12.6. The largest absolute Gasteiger partial charge is 0.353 e. The molecule has 2 aromatic rings. The lowest BCUT2D eigenvalue weighted by Crippen LogP contribution is -2.40. The zero-order chi connectivity index (χ0) is 16.6. The lowest BCUT2D eigenvalue weighted by atomic mass is 10.1. The Morgan fingerprint density at radius 1 is 1.17 bits per heavy atom. The van der Waals surface area contributed by atoms with Crippen LogP contribution in [0.25, 0.3) is 0 Å². The van der Waals surface area contributed by atoms with E-state index in [1.54, 1.807) is 0 Å². The zero-order valence-electron chi connectivity index (χ0n) is 13.8. The summed E-state index contributed by atoms with van der Waals surface area (Å²) in [6.07, 6.45) is 5.91. The van der Waals surface area contributed by atoms with Gasteiger partial charge in [-0.3, -0.25) is 4.79 Å². The SMILES string of the molecule is O=C(NCCN1CCCCC1)[C@H](Cc1ccccc1)n1cnnn1. The topological polar surface area (TPSA) is 75.9 Å². The maximum absolute atomic E-state index is 12.6. The summed E-state index contributed by atoms with van der Waals surface area (Å²) in [6, 6.07) is 9.51. The summed E-state index contributed by atoms with van der Waals surface area (Å²) in [5, 5.41) is 14.3. The quantitative estimate of drug-likeness (QED) is 0.822. The van der Waals surface area contributed by atoms with Crippen LogP contribution in [0.5, 0.6) is 0 Å². The number of rotatable bonds is 7. The van der Waals surface area contributed by atoms with Crippen LogP contribution < -0.4 is 5.32 Å². The van der Waals surface area contributed by atoms with Crippen molar-refractivity contribution in [3.8, 4) is 0 Å². The lowest BCUT2D eigenvalue weighted by molar-refractivity contribution is -0.124. The van der Waals surface area contributed by atoms with Gasteiger partial charge in [0.15, 0.2) is 0 Å². The van der Waals surface area contributed by atoms with E-state index >= 15 is 0 Å². The molecule has 1 aliphatic rings. The minimum absolute atomic E-state index is 0.0387. The van der Waals surface area contributed by atoms with Crippen LogP contribution in [0.15, 0.2) is 36.7 Å². The molecule has 1 aromatic heterocycles. The van der Waals surface area contributed by atoms with Gasteiger partial charge in [-0.1, -0.05) is 36.8 Å². The fourth-order valence-electron chi connectivity index (χ4n) is 3.09. The predicted octanol–water partition coefficient (Wildman–Crippen LogP) is 1.06. The van der Waals surface area contributed by atoms with Gasteiger partial charge < -0.3 is 10.2 Å². The molecule has 1 aliphatic heterocycles. The molecule has 0 radical (unpaired) electrons. The molecule has 1 saturated heterocycles. The number of piperidine rings is 1. The highest BCUT2D eigenvalue weighted by molar-refractivity contribution is 5.80.